The van der Waals surface area contributed by atoms with Gasteiger partial charge >= 0.3 is 0 Å². The number of hydrogen-bond acceptors (Lipinski definition) is 4. The number of rotatable bonds is 6. The number of nitrogens with one attached hydrogen (secondary N) is 1. The van der Waals surface area contributed by atoms with Crippen molar-refractivity contribution in [2.75, 3.05) is 39.3 Å². The van der Waals surface area contributed by atoms with Gasteiger partial charge in [0.25, 0.3) is 0 Å². The van der Waals surface area contributed by atoms with Crippen LogP contribution in [0.3, 0.4) is 0 Å². The molecule has 1 atom stereocenters. The monoisotopic (exact) mass is 284 g/mol. The van der Waals surface area contributed by atoms with E-state index in [1.807, 2.05) is 24.3 Å². The Balaban J connectivity index is 1.63. The molecule has 0 aromatic heterocycles. The lowest BCUT2D eigenvalue weighted by Crippen LogP contribution is -2.47. The molecular formula is C14H21ClN2O2. The average Bonchev–Trinajstić information content (AvgIpc) is 2.42. The van der Waals surface area contributed by atoms with E-state index in [2.05, 4.69) is 10.2 Å². The van der Waals surface area contributed by atoms with Crippen molar-refractivity contribution in [1.29, 1.82) is 0 Å². The Kier molecular flexibility index (Phi) is 6.07. The minimum Gasteiger partial charge on any atom is -0.389 e. The topological polar surface area (TPSA) is 44.7 Å². The summed E-state index contributed by atoms with van der Waals surface area (Å²) in [4.78, 5) is 2.26. The number of aliphatic hydroxyl groups is 1. The molecule has 1 aromatic rings. The summed E-state index contributed by atoms with van der Waals surface area (Å²) in [6, 6.07) is 7.56. The molecule has 1 aliphatic rings. The van der Waals surface area contributed by atoms with Crippen molar-refractivity contribution in [2.45, 2.75) is 12.7 Å². The fourth-order valence-electron chi connectivity index (χ4n) is 2.14. The zero-order valence-corrected chi connectivity index (χ0v) is 11.8. The molecular weight excluding hydrogens is 264 g/mol. The van der Waals surface area contributed by atoms with Crippen molar-refractivity contribution in [3.63, 3.8) is 0 Å². The SMILES string of the molecule is OC(COCc1ccc(Cl)cc1)CN1CCNCC1. The van der Waals surface area contributed by atoms with Gasteiger partial charge in [0.15, 0.2) is 0 Å². The molecule has 1 aromatic carbocycles. The molecule has 0 radical (unpaired) electrons. The number of β-amino-alcohol motifs (C(OH)–C–C–N with tert-alkyl or cyclic N) is 1. The van der Waals surface area contributed by atoms with Crippen LogP contribution in [0.1, 0.15) is 5.56 Å². The largest absolute Gasteiger partial charge is 0.389 e. The minimum absolute atomic E-state index is 0.368. The Morgan fingerprint density at radius 2 is 1.95 bits per heavy atom. The van der Waals surface area contributed by atoms with Gasteiger partial charge in [0.05, 0.1) is 19.3 Å². The summed E-state index contributed by atoms with van der Waals surface area (Å²) in [6.07, 6.45) is -0.426. The number of benzene rings is 1. The van der Waals surface area contributed by atoms with Crippen LogP contribution in [0.25, 0.3) is 0 Å². The van der Waals surface area contributed by atoms with E-state index in [-0.39, 0.29) is 0 Å². The summed E-state index contributed by atoms with van der Waals surface area (Å²) in [5.74, 6) is 0. The molecule has 1 unspecified atom stereocenters. The summed E-state index contributed by atoms with van der Waals surface area (Å²) in [6.45, 7) is 5.55. The highest BCUT2D eigenvalue weighted by atomic mass is 35.5. The first-order valence-electron chi connectivity index (χ1n) is 6.67. The van der Waals surface area contributed by atoms with Crippen LogP contribution in [0.4, 0.5) is 0 Å². The molecule has 1 heterocycles. The van der Waals surface area contributed by atoms with E-state index in [4.69, 9.17) is 16.3 Å². The van der Waals surface area contributed by atoms with E-state index in [1.54, 1.807) is 0 Å². The van der Waals surface area contributed by atoms with Crippen molar-refractivity contribution in [3.8, 4) is 0 Å². The molecule has 1 fully saturated rings. The van der Waals surface area contributed by atoms with E-state index < -0.39 is 6.10 Å². The number of ether oxygens (including phenoxy) is 1. The molecule has 0 aliphatic carbocycles. The lowest BCUT2D eigenvalue weighted by atomic mass is 10.2. The van der Waals surface area contributed by atoms with Gasteiger partial charge in [0.2, 0.25) is 0 Å². The van der Waals surface area contributed by atoms with E-state index in [0.29, 0.717) is 19.8 Å². The summed E-state index contributed by atoms with van der Waals surface area (Å²) in [7, 11) is 0. The zero-order chi connectivity index (χ0) is 13.5. The smallest absolute Gasteiger partial charge is 0.0900 e. The highest BCUT2D eigenvalue weighted by molar-refractivity contribution is 6.30. The molecule has 0 spiro atoms. The predicted octanol–water partition coefficient (Wildman–Crippen LogP) is 1.12. The van der Waals surface area contributed by atoms with Crippen LogP contribution in [0.5, 0.6) is 0 Å². The first-order chi connectivity index (χ1) is 9.24. The third-order valence-electron chi connectivity index (χ3n) is 3.17. The third-order valence-corrected chi connectivity index (χ3v) is 3.42. The standard InChI is InChI=1S/C14H21ClN2O2/c15-13-3-1-12(2-4-13)10-19-11-14(18)9-17-7-5-16-6-8-17/h1-4,14,16,18H,5-11H2. The van der Waals surface area contributed by atoms with Gasteiger partial charge in [-0.1, -0.05) is 23.7 Å². The summed E-state index contributed by atoms with van der Waals surface area (Å²) < 4.78 is 5.53. The fraction of sp³-hybridized carbons (Fsp3) is 0.571. The molecule has 5 heteroatoms. The summed E-state index contributed by atoms with van der Waals surface area (Å²) in [5.41, 5.74) is 1.07. The Bertz CT molecular complexity index is 366. The van der Waals surface area contributed by atoms with Gasteiger partial charge in [-0.05, 0) is 17.7 Å². The highest BCUT2D eigenvalue weighted by Gasteiger charge is 2.14. The van der Waals surface area contributed by atoms with Gasteiger partial charge in [-0.25, -0.2) is 0 Å². The molecule has 0 amide bonds. The average molecular weight is 285 g/mol. The maximum Gasteiger partial charge on any atom is 0.0900 e. The maximum absolute atomic E-state index is 9.92. The van der Waals surface area contributed by atoms with Crippen LogP contribution in [-0.2, 0) is 11.3 Å². The third kappa shape index (κ3) is 5.47. The summed E-state index contributed by atoms with van der Waals surface area (Å²) >= 11 is 5.81. The number of piperazine rings is 1. The Hall–Kier alpha value is -0.650. The molecule has 4 nitrogen and oxygen atoms in total. The Morgan fingerprint density at radius 3 is 2.63 bits per heavy atom. The van der Waals surface area contributed by atoms with E-state index in [0.717, 1.165) is 36.8 Å². The van der Waals surface area contributed by atoms with Crippen LogP contribution in [0.15, 0.2) is 24.3 Å². The Labute approximate surface area is 119 Å². The number of halogens is 1. The van der Waals surface area contributed by atoms with E-state index >= 15 is 0 Å². The quantitative estimate of drug-likeness (QED) is 0.822. The second-order valence-electron chi connectivity index (χ2n) is 4.85. The van der Waals surface area contributed by atoms with Gasteiger partial charge < -0.3 is 15.2 Å². The molecule has 19 heavy (non-hydrogen) atoms. The van der Waals surface area contributed by atoms with Crippen LogP contribution < -0.4 is 5.32 Å². The van der Waals surface area contributed by atoms with Crippen molar-refractivity contribution in [2.24, 2.45) is 0 Å². The molecule has 1 aliphatic heterocycles. The molecule has 0 bridgehead atoms. The molecule has 1 saturated heterocycles. The van der Waals surface area contributed by atoms with Crippen LogP contribution in [-0.4, -0.2) is 55.4 Å². The van der Waals surface area contributed by atoms with Crippen molar-refractivity contribution >= 4 is 11.6 Å². The molecule has 2 N–H and O–H groups in total. The number of hydrogen-bond donors (Lipinski definition) is 2. The van der Waals surface area contributed by atoms with Crippen LogP contribution in [0, 0.1) is 0 Å². The molecule has 0 saturated carbocycles. The van der Waals surface area contributed by atoms with Gasteiger partial charge in [0.1, 0.15) is 0 Å². The first-order valence-corrected chi connectivity index (χ1v) is 7.05. The van der Waals surface area contributed by atoms with Gasteiger partial charge in [-0.15, -0.1) is 0 Å². The van der Waals surface area contributed by atoms with Gasteiger partial charge in [-0.3, -0.25) is 4.90 Å². The minimum atomic E-state index is -0.426. The first kappa shape index (κ1) is 14.8. The van der Waals surface area contributed by atoms with Crippen molar-refractivity contribution in [3.05, 3.63) is 34.9 Å². The predicted molar refractivity (Wildman–Crippen MR) is 76.4 cm³/mol. The Morgan fingerprint density at radius 1 is 1.26 bits per heavy atom. The van der Waals surface area contributed by atoms with Crippen LogP contribution >= 0.6 is 11.6 Å². The van der Waals surface area contributed by atoms with Gasteiger partial charge in [-0.2, -0.15) is 0 Å². The number of nitrogens with zero attached hydrogens (tertiary/aromatic N) is 1. The lowest BCUT2D eigenvalue weighted by Gasteiger charge is -2.28. The van der Waals surface area contributed by atoms with Gasteiger partial charge in [0, 0.05) is 37.7 Å². The fourth-order valence-corrected chi connectivity index (χ4v) is 2.26. The van der Waals surface area contributed by atoms with Crippen molar-refractivity contribution in [1.82, 2.24) is 10.2 Å². The number of aliphatic hydroxyl groups excluding tert-OH is 1. The second kappa shape index (κ2) is 7.82. The molecule has 106 valence electrons. The summed E-state index contributed by atoms with van der Waals surface area (Å²) in [5, 5.41) is 13.9. The van der Waals surface area contributed by atoms with E-state index in [9.17, 15) is 5.11 Å². The van der Waals surface area contributed by atoms with Crippen molar-refractivity contribution < 1.29 is 9.84 Å². The highest BCUT2D eigenvalue weighted by Crippen LogP contribution is 2.10. The van der Waals surface area contributed by atoms with Crippen LogP contribution in [0.2, 0.25) is 5.02 Å². The second-order valence-corrected chi connectivity index (χ2v) is 5.28. The normalized spacial score (nSPS) is 18.4. The maximum atomic E-state index is 9.92. The van der Waals surface area contributed by atoms with E-state index in [1.165, 1.54) is 0 Å². The zero-order valence-electron chi connectivity index (χ0n) is 11.0. The lowest BCUT2D eigenvalue weighted by molar-refractivity contribution is 0.00823. The molecule has 2 rings (SSSR count).